The molecule has 1 aliphatic rings. The third-order valence-electron chi connectivity index (χ3n) is 5.21. The molecule has 0 saturated carbocycles. The maximum absolute atomic E-state index is 13.1. The van der Waals surface area contributed by atoms with Crippen molar-refractivity contribution in [3.8, 4) is 0 Å². The maximum atomic E-state index is 13.1. The first-order chi connectivity index (χ1) is 13.6. The lowest BCUT2D eigenvalue weighted by atomic mass is 9.97. The number of sulfonamides is 1. The zero-order chi connectivity index (χ0) is 21.3. The zero-order valence-corrected chi connectivity index (χ0v) is 19.8. The van der Waals surface area contributed by atoms with Crippen molar-refractivity contribution in [2.24, 2.45) is 5.92 Å². The summed E-state index contributed by atoms with van der Waals surface area (Å²) in [6, 6.07) is 8.90. The van der Waals surface area contributed by atoms with E-state index in [1.165, 1.54) is 28.9 Å². The van der Waals surface area contributed by atoms with Gasteiger partial charge in [-0.2, -0.15) is 0 Å². The van der Waals surface area contributed by atoms with E-state index in [1.54, 1.807) is 0 Å². The molecule has 1 N–H and O–H groups in total. The number of benzene rings is 2. The van der Waals surface area contributed by atoms with Gasteiger partial charge in [-0.1, -0.05) is 66.3 Å². The van der Waals surface area contributed by atoms with Gasteiger partial charge in [-0.15, -0.1) is 0 Å². The van der Waals surface area contributed by atoms with Crippen molar-refractivity contribution in [1.82, 2.24) is 4.72 Å². The lowest BCUT2D eigenvalue weighted by Crippen LogP contribution is -2.48. The second-order valence-corrected chi connectivity index (χ2v) is 10.8. The van der Waals surface area contributed by atoms with Gasteiger partial charge in [-0.05, 0) is 49.4 Å². The summed E-state index contributed by atoms with van der Waals surface area (Å²) in [5.74, 6) is 0.0745. The number of rotatable bonds is 6. The molecule has 0 spiro atoms. The van der Waals surface area contributed by atoms with Crippen molar-refractivity contribution in [3.63, 3.8) is 0 Å². The molecule has 2 aromatic rings. The monoisotopic (exact) mass is 474 g/mol. The van der Waals surface area contributed by atoms with Gasteiger partial charge in [0.2, 0.25) is 10.0 Å². The van der Waals surface area contributed by atoms with Crippen LogP contribution in [-0.4, -0.2) is 27.5 Å². The average molecular weight is 476 g/mol. The van der Waals surface area contributed by atoms with Crippen LogP contribution in [0.1, 0.15) is 31.4 Å². The van der Waals surface area contributed by atoms with Crippen molar-refractivity contribution in [3.05, 3.63) is 56.5 Å². The Morgan fingerprint density at radius 1 is 1.10 bits per heavy atom. The van der Waals surface area contributed by atoms with Gasteiger partial charge in [0.15, 0.2) is 0 Å². The predicted octanol–water partition coefficient (Wildman–Crippen LogP) is 5.71. The fourth-order valence-corrected chi connectivity index (χ4v) is 6.58. The van der Waals surface area contributed by atoms with Crippen LogP contribution in [-0.2, 0) is 16.4 Å². The predicted molar refractivity (Wildman–Crippen MR) is 122 cm³/mol. The molecule has 3 rings (SSSR count). The minimum atomic E-state index is -3.92. The van der Waals surface area contributed by atoms with Crippen LogP contribution in [0.2, 0.25) is 15.1 Å². The number of hydrogen-bond acceptors (Lipinski definition) is 3. The molecule has 1 atom stereocenters. The molecule has 0 amide bonds. The van der Waals surface area contributed by atoms with E-state index in [4.69, 9.17) is 34.8 Å². The van der Waals surface area contributed by atoms with Crippen molar-refractivity contribution in [2.45, 2.75) is 44.6 Å². The Bertz CT molecular complexity index is 986. The third kappa shape index (κ3) is 5.20. The second-order valence-electron chi connectivity index (χ2n) is 7.85. The third-order valence-corrected chi connectivity index (χ3v) is 7.84. The second kappa shape index (κ2) is 9.03. The summed E-state index contributed by atoms with van der Waals surface area (Å²) in [6.45, 7) is 7.54. The van der Waals surface area contributed by atoms with Gasteiger partial charge < -0.3 is 4.90 Å². The topological polar surface area (TPSA) is 49.4 Å². The Morgan fingerprint density at radius 2 is 1.76 bits per heavy atom. The SMILES string of the molecule is Cc1ccc2c(c1)CCCN2CC(NS(=O)(=O)c1c(Cl)cc(Cl)cc1Cl)C(C)C. The summed E-state index contributed by atoms with van der Waals surface area (Å²) in [7, 11) is -3.92. The maximum Gasteiger partial charge on any atom is 0.243 e. The molecular formula is C21H25Cl3N2O2S. The van der Waals surface area contributed by atoms with Crippen LogP contribution in [0, 0.1) is 12.8 Å². The number of nitrogens with one attached hydrogen (secondary N) is 1. The summed E-state index contributed by atoms with van der Waals surface area (Å²) in [4.78, 5) is 2.13. The molecule has 0 radical (unpaired) electrons. The van der Waals surface area contributed by atoms with Crippen LogP contribution >= 0.6 is 34.8 Å². The Hall–Kier alpha value is -0.980. The van der Waals surface area contributed by atoms with Gasteiger partial charge in [0.25, 0.3) is 0 Å². The molecule has 1 unspecified atom stereocenters. The molecule has 0 saturated heterocycles. The van der Waals surface area contributed by atoms with E-state index in [-0.39, 0.29) is 26.9 Å². The van der Waals surface area contributed by atoms with E-state index < -0.39 is 10.0 Å². The minimum Gasteiger partial charge on any atom is -0.370 e. The highest BCUT2D eigenvalue weighted by molar-refractivity contribution is 7.89. The molecule has 29 heavy (non-hydrogen) atoms. The van der Waals surface area contributed by atoms with Gasteiger partial charge in [-0.25, -0.2) is 13.1 Å². The number of aryl methyl sites for hydroxylation is 2. The summed E-state index contributed by atoms with van der Waals surface area (Å²) < 4.78 is 29.0. The van der Waals surface area contributed by atoms with Crippen LogP contribution in [0.25, 0.3) is 0 Å². The first kappa shape index (κ1) is 22.7. The quantitative estimate of drug-likeness (QED) is 0.582. The lowest BCUT2D eigenvalue weighted by Gasteiger charge is -2.36. The molecule has 0 aromatic heterocycles. The summed E-state index contributed by atoms with van der Waals surface area (Å²) in [6.07, 6.45) is 2.09. The minimum absolute atomic E-state index is 0.0105. The van der Waals surface area contributed by atoms with Gasteiger partial charge in [0.05, 0.1) is 10.0 Å². The molecular weight excluding hydrogens is 451 g/mol. The van der Waals surface area contributed by atoms with E-state index in [9.17, 15) is 8.42 Å². The average Bonchev–Trinajstić information content (AvgIpc) is 2.59. The van der Waals surface area contributed by atoms with Gasteiger partial charge in [0.1, 0.15) is 4.90 Å². The van der Waals surface area contributed by atoms with Crippen molar-refractivity contribution in [2.75, 3.05) is 18.0 Å². The van der Waals surface area contributed by atoms with E-state index in [0.717, 1.165) is 19.4 Å². The fourth-order valence-electron chi connectivity index (χ4n) is 3.66. The molecule has 158 valence electrons. The Morgan fingerprint density at radius 3 is 2.38 bits per heavy atom. The van der Waals surface area contributed by atoms with Gasteiger partial charge in [-0.3, -0.25) is 0 Å². The number of nitrogens with zero attached hydrogens (tertiary/aromatic N) is 1. The van der Waals surface area contributed by atoms with E-state index in [1.807, 2.05) is 13.8 Å². The molecule has 8 heteroatoms. The Labute approximate surface area is 188 Å². The summed E-state index contributed by atoms with van der Waals surface area (Å²) in [5.41, 5.74) is 3.72. The van der Waals surface area contributed by atoms with Gasteiger partial charge in [0, 0.05) is 29.8 Å². The van der Waals surface area contributed by atoms with Crippen molar-refractivity contribution >= 4 is 50.5 Å². The molecule has 4 nitrogen and oxygen atoms in total. The van der Waals surface area contributed by atoms with Crippen LogP contribution in [0.15, 0.2) is 35.2 Å². The number of hydrogen-bond donors (Lipinski definition) is 1. The smallest absolute Gasteiger partial charge is 0.243 e. The highest BCUT2D eigenvalue weighted by Gasteiger charge is 2.29. The fraction of sp³-hybridized carbons (Fsp3) is 0.429. The first-order valence-electron chi connectivity index (χ1n) is 9.60. The highest BCUT2D eigenvalue weighted by atomic mass is 35.5. The van der Waals surface area contributed by atoms with E-state index >= 15 is 0 Å². The normalized spacial score (nSPS) is 15.5. The molecule has 1 aliphatic heterocycles. The Balaban J connectivity index is 1.87. The number of halogens is 3. The van der Waals surface area contributed by atoms with Crippen LogP contribution in [0.5, 0.6) is 0 Å². The van der Waals surface area contributed by atoms with Crippen LogP contribution < -0.4 is 9.62 Å². The van der Waals surface area contributed by atoms with Crippen LogP contribution in [0.4, 0.5) is 5.69 Å². The summed E-state index contributed by atoms with van der Waals surface area (Å²) >= 11 is 18.2. The van der Waals surface area contributed by atoms with E-state index in [2.05, 4.69) is 34.7 Å². The molecule has 2 aromatic carbocycles. The highest BCUT2D eigenvalue weighted by Crippen LogP contribution is 2.33. The summed E-state index contributed by atoms with van der Waals surface area (Å²) in [5, 5.41) is 0.312. The number of anilines is 1. The van der Waals surface area contributed by atoms with E-state index in [0.29, 0.717) is 11.6 Å². The molecule has 0 fully saturated rings. The molecule has 1 heterocycles. The molecule has 0 aliphatic carbocycles. The number of fused-ring (bicyclic) bond motifs is 1. The van der Waals surface area contributed by atoms with Crippen LogP contribution in [0.3, 0.4) is 0 Å². The van der Waals surface area contributed by atoms with Gasteiger partial charge >= 0.3 is 0 Å². The zero-order valence-electron chi connectivity index (χ0n) is 16.7. The first-order valence-corrected chi connectivity index (χ1v) is 12.2. The largest absolute Gasteiger partial charge is 0.370 e. The molecule has 0 bridgehead atoms. The standard InChI is InChI=1S/C21H25Cl3N2O2S/c1-13(2)19(12-26-8-4-5-15-9-14(3)6-7-20(15)26)25-29(27,28)21-17(23)10-16(22)11-18(21)24/h6-7,9-11,13,19,25H,4-5,8,12H2,1-3H3. The van der Waals surface area contributed by atoms with Crippen molar-refractivity contribution in [1.29, 1.82) is 0 Å². The Kier molecular flexibility index (Phi) is 7.06. The lowest BCUT2D eigenvalue weighted by molar-refractivity contribution is 0.439. The van der Waals surface area contributed by atoms with Crippen molar-refractivity contribution < 1.29 is 8.42 Å².